The molecule has 33 heavy (non-hydrogen) atoms. The molecule has 2 aromatic carbocycles. The quantitative estimate of drug-likeness (QED) is 0.453. The van der Waals surface area contributed by atoms with Crippen LogP contribution >= 0.6 is 0 Å². The van der Waals surface area contributed by atoms with E-state index in [0.717, 1.165) is 10.5 Å². The lowest BCUT2D eigenvalue weighted by atomic mass is 10.00. The monoisotopic (exact) mass is 472 g/mol. The number of rotatable bonds is 7. The standard InChI is InChI=1S/C24H28N2O6S/c1-6-24(3,4)26(33(30,31)19-13-7-16(2)8-14-19)20-15-21(27)25(22(20)28)18-11-9-17(10-12-18)23(29)32-5/h7-14,20H,6,15H2,1-5H3. The molecule has 1 aliphatic heterocycles. The summed E-state index contributed by atoms with van der Waals surface area (Å²) in [5, 5.41) is 0. The van der Waals surface area contributed by atoms with Gasteiger partial charge < -0.3 is 4.74 Å². The summed E-state index contributed by atoms with van der Waals surface area (Å²) in [4.78, 5) is 39.1. The Morgan fingerprint density at radius 3 is 2.18 bits per heavy atom. The Balaban J connectivity index is 2.02. The van der Waals surface area contributed by atoms with Gasteiger partial charge in [-0.15, -0.1) is 0 Å². The van der Waals surface area contributed by atoms with E-state index in [1.807, 2.05) is 13.8 Å². The first-order valence-corrected chi connectivity index (χ1v) is 12.0. The highest BCUT2D eigenvalue weighted by atomic mass is 32.2. The van der Waals surface area contributed by atoms with E-state index < -0.39 is 39.4 Å². The van der Waals surface area contributed by atoms with Crippen molar-refractivity contribution in [2.24, 2.45) is 0 Å². The van der Waals surface area contributed by atoms with E-state index >= 15 is 0 Å². The summed E-state index contributed by atoms with van der Waals surface area (Å²) in [5.41, 5.74) is 0.522. The molecule has 0 bridgehead atoms. The number of esters is 1. The Morgan fingerprint density at radius 1 is 1.09 bits per heavy atom. The number of carbonyl (C=O) groups is 3. The third-order valence-electron chi connectivity index (χ3n) is 5.99. The molecule has 2 aromatic rings. The topological polar surface area (TPSA) is 101 Å². The molecule has 0 spiro atoms. The lowest BCUT2D eigenvalue weighted by molar-refractivity contribution is -0.122. The number of methoxy groups -OCH3 is 1. The predicted molar refractivity (Wildman–Crippen MR) is 123 cm³/mol. The number of hydrogen-bond acceptors (Lipinski definition) is 6. The molecule has 2 amide bonds. The van der Waals surface area contributed by atoms with Crippen molar-refractivity contribution >= 4 is 33.5 Å². The first kappa shape index (κ1) is 24.6. The lowest BCUT2D eigenvalue weighted by Gasteiger charge is -2.39. The summed E-state index contributed by atoms with van der Waals surface area (Å²) in [7, 11) is -2.83. The van der Waals surface area contributed by atoms with Gasteiger partial charge in [-0.3, -0.25) is 9.59 Å². The van der Waals surface area contributed by atoms with Gasteiger partial charge >= 0.3 is 5.97 Å². The molecule has 1 atom stereocenters. The van der Waals surface area contributed by atoms with Gasteiger partial charge in [0.1, 0.15) is 6.04 Å². The van der Waals surface area contributed by atoms with Gasteiger partial charge in [0.2, 0.25) is 15.9 Å². The zero-order chi connectivity index (χ0) is 24.6. The van der Waals surface area contributed by atoms with Gasteiger partial charge in [-0.2, -0.15) is 4.31 Å². The van der Waals surface area contributed by atoms with Crippen LogP contribution in [0.25, 0.3) is 0 Å². The molecule has 1 unspecified atom stereocenters. The molecule has 1 saturated heterocycles. The first-order valence-electron chi connectivity index (χ1n) is 10.6. The number of anilines is 1. The Labute approximate surface area is 194 Å². The van der Waals surface area contributed by atoms with Crippen LogP contribution in [0.15, 0.2) is 53.4 Å². The number of carbonyl (C=O) groups excluding carboxylic acids is 3. The normalized spacial score (nSPS) is 17.0. The predicted octanol–water partition coefficient (Wildman–Crippen LogP) is 3.29. The first-order chi connectivity index (χ1) is 15.4. The van der Waals surface area contributed by atoms with Crippen LogP contribution in [-0.4, -0.2) is 49.2 Å². The molecule has 1 heterocycles. The van der Waals surface area contributed by atoms with Crippen molar-refractivity contribution in [1.29, 1.82) is 0 Å². The average molecular weight is 473 g/mol. The molecular formula is C24H28N2O6S. The van der Waals surface area contributed by atoms with Crippen LogP contribution in [0.5, 0.6) is 0 Å². The zero-order valence-corrected chi connectivity index (χ0v) is 20.2. The molecular weight excluding hydrogens is 444 g/mol. The van der Waals surface area contributed by atoms with Crippen molar-refractivity contribution in [3.05, 3.63) is 59.7 Å². The average Bonchev–Trinajstić information content (AvgIpc) is 3.06. The van der Waals surface area contributed by atoms with Crippen molar-refractivity contribution in [2.45, 2.75) is 57.0 Å². The summed E-state index contributed by atoms with van der Waals surface area (Å²) in [6, 6.07) is 11.1. The van der Waals surface area contributed by atoms with Crippen LogP contribution in [0.1, 0.15) is 49.5 Å². The third-order valence-corrected chi connectivity index (χ3v) is 8.13. The van der Waals surface area contributed by atoms with Gasteiger partial charge in [0, 0.05) is 5.54 Å². The fraction of sp³-hybridized carbons (Fsp3) is 0.375. The highest BCUT2D eigenvalue weighted by molar-refractivity contribution is 7.89. The van der Waals surface area contributed by atoms with Gasteiger partial charge in [0.25, 0.3) is 5.91 Å². The van der Waals surface area contributed by atoms with E-state index in [1.54, 1.807) is 26.0 Å². The summed E-state index contributed by atoms with van der Waals surface area (Å²) >= 11 is 0. The Hall–Kier alpha value is -3.04. The third kappa shape index (κ3) is 4.56. The molecule has 1 fully saturated rings. The van der Waals surface area contributed by atoms with E-state index in [4.69, 9.17) is 0 Å². The van der Waals surface area contributed by atoms with Crippen LogP contribution < -0.4 is 4.90 Å². The molecule has 0 radical (unpaired) electrons. The number of benzene rings is 2. The fourth-order valence-corrected chi connectivity index (χ4v) is 5.82. The van der Waals surface area contributed by atoms with E-state index in [1.165, 1.54) is 47.8 Å². The fourth-order valence-electron chi connectivity index (χ4n) is 3.83. The lowest BCUT2D eigenvalue weighted by Crippen LogP contribution is -2.55. The number of imide groups is 1. The number of nitrogens with zero attached hydrogens (tertiary/aromatic N) is 2. The van der Waals surface area contributed by atoms with Gasteiger partial charge in [0.15, 0.2) is 0 Å². The molecule has 0 aliphatic carbocycles. The van der Waals surface area contributed by atoms with E-state index in [-0.39, 0.29) is 22.6 Å². The maximum Gasteiger partial charge on any atom is 0.337 e. The molecule has 0 saturated carbocycles. The SMILES string of the molecule is CCC(C)(C)N(C1CC(=O)N(c2ccc(C(=O)OC)cc2)C1=O)S(=O)(=O)c1ccc(C)cc1. The minimum Gasteiger partial charge on any atom is -0.465 e. The van der Waals surface area contributed by atoms with E-state index in [0.29, 0.717) is 6.42 Å². The molecule has 8 nitrogen and oxygen atoms in total. The van der Waals surface area contributed by atoms with Crippen LogP contribution in [0.2, 0.25) is 0 Å². The molecule has 9 heteroatoms. The second-order valence-corrected chi connectivity index (χ2v) is 10.4. The summed E-state index contributed by atoms with van der Waals surface area (Å²) in [6.07, 6.45) is 0.163. The summed E-state index contributed by atoms with van der Waals surface area (Å²) in [6.45, 7) is 7.17. The van der Waals surface area contributed by atoms with Crippen molar-refractivity contribution in [2.75, 3.05) is 12.0 Å². The largest absolute Gasteiger partial charge is 0.465 e. The molecule has 0 aromatic heterocycles. The van der Waals surface area contributed by atoms with Crippen LogP contribution in [0.3, 0.4) is 0 Å². The smallest absolute Gasteiger partial charge is 0.337 e. The molecule has 3 rings (SSSR count). The molecule has 0 N–H and O–H groups in total. The van der Waals surface area contributed by atoms with Crippen LogP contribution in [0.4, 0.5) is 5.69 Å². The van der Waals surface area contributed by atoms with Crippen LogP contribution in [-0.2, 0) is 24.3 Å². The number of aryl methyl sites for hydroxylation is 1. The number of sulfonamides is 1. The van der Waals surface area contributed by atoms with Crippen molar-refractivity contribution < 1.29 is 27.5 Å². The zero-order valence-electron chi connectivity index (χ0n) is 19.4. The molecule has 1 aliphatic rings. The number of amides is 2. The maximum atomic E-state index is 13.7. The van der Waals surface area contributed by atoms with Gasteiger partial charge in [0.05, 0.1) is 29.7 Å². The van der Waals surface area contributed by atoms with Gasteiger partial charge in [-0.05, 0) is 63.6 Å². The number of ether oxygens (including phenoxy) is 1. The van der Waals surface area contributed by atoms with Crippen molar-refractivity contribution in [3.8, 4) is 0 Å². The van der Waals surface area contributed by atoms with Crippen molar-refractivity contribution in [1.82, 2.24) is 4.31 Å². The van der Waals surface area contributed by atoms with E-state index in [2.05, 4.69) is 4.74 Å². The Kier molecular flexibility index (Phi) is 6.76. The summed E-state index contributed by atoms with van der Waals surface area (Å²) < 4.78 is 33.2. The molecule has 176 valence electrons. The van der Waals surface area contributed by atoms with E-state index in [9.17, 15) is 22.8 Å². The minimum atomic E-state index is -4.08. The second kappa shape index (κ2) is 9.07. The minimum absolute atomic E-state index is 0.0655. The van der Waals surface area contributed by atoms with Gasteiger partial charge in [-0.25, -0.2) is 18.1 Å². The summed E-state index contributed by atoms with van der Waals surface area (Å²) in [5.74, 6) is -1.67. The van der Waals surface area contributed by atoms with Crippen LogP contribution in [0, 0.1) is 6.92 Å². The number of hydrogen-bond donors (Lipinski definition) is 0. The Bertz CT molecular complexity index is 1170. The second-order valence-electron chi connectivity index (χ2n) is 8.61. The van der Waals surface area contributed by atoms with Gasteiger partial charge in [-0.1, -0.05) is 24.6 Å². The highest BCUT2D eigenvalue weighted by Crippen LogP contribution is 2.35. The Morgan fingerprint density at radius 2 is 1.67 bits per heavy atom. The van der Waals surface area contributed by atoms with Crippen molar-refractivity contribution in [3.63, 3.8) is 0 Å². The highest BCUT2D eigenvalue weighted by Gasteiger charge is 2.51. The maximum absolute atomic E-state index is 13.7.